The molecule has 0 fully saturated rings. The summed E-state index contributed by atoms with van der Waals surface area (Å²) in [5, 5.41) is 0.857. The Morgan fingerprint density at radius 3 is 2.46 bits per heavy atom. The molecule has 0 spiro atoms. The average Bonchev–Trinajstić information content (AvgIpc) is 2.88. The van der Waals surface area contributed by atoms with Gasteiger partial charge in [-0.2, -0.15) is 0 Å². The van der Waals surface area contributed by atoms with Crippen LogP contribution in [0.4, 0.5) is 5.69 Å². The average molecular weight is 334 g/mol. The van der Waals surface area contributed by atoms with Crippen LogP contribution >= 0.6 is 0 Å². The van der Waals surface area contributed by atoms with Crippen molar-refractivity contribution < 1.29 is 18.7 Å². The van der Waals surface area contributed by atoms with E-state index in [0.29, 0.717) is 24.5 Å². The van der Waals surface area contributed by atoms with Gasteiger partial charge in [0.05, 0.1) is 11.8 Å². The van der Waals surface area contributed by atoms with Gasteiger partial charge in [-0.05, 0) is 27.9 Å². The lowest BCUT2D eigenvalue weighted by Gasteiger charge is -2.16. The van der Waals surface area contributed by atoms with Crippen molar-refractivity contribution in [2.45, 2.75) is 20.0 Å². The van der Waals surface area contributed by atoms with Gasteiger partial charge in [0.25, 0.3) is 0 Å². The third-order valence-electron chi connectivity index (χ3n) is 3.42. The van der Waals surface area contributed by atoms with Crippen LogP contribution in [0.2, 0.25) is 0 Å². The molecule has 0 atom stereocenters. The van der Waals surface area contributed by atoms with Crippen LogP contribution < -0.4 is 9.64 Å². The molecule has 0 aliphatic rings. The molecular weight excluding hydrogens is 308 g/mol. The van der Waals surface area contributed by atoms with Crippen molar-refractivity contribution in [2.24, 2.45) is 0 Å². The number of fused-ring (bicyclic) bond motifs is 1. The number of nitrogens with zero attached hydrogens (tertiary/aromatic N) is 2. The number of ether oxygens (including phenoxy) is 2. The van der Waals surface area contributed by atoms with Gasteiger partial charge < -0.3 is 23.7 Å². The lowest BCUT2D eigenvalue weighted by molar-refractivity contribution is 0.0448. The highest BCUT2D eigenvalue weighted by atomic mass is 16.5. The number of hydrogen-bond acceptors (Lipinski definition) is 6. The molecule has 24 heavy (non-hydrogen) atoms. The Labute approximate surface area is 142 Å². The first-order valence-electron chi connectivity index (χ1n) is 8.01. The zero-order valence-electron chi connectivity index (χ0n) is 15.3. The number of carbonyl (C=O) groups is 1. The first-order valence-corrected chi connectivity index (χ1v) is 8.01. The van der Waals surface area contributed by atoms with E-state index in [9.17, 15) is 4.79 Å². The zero-order chi connectivity index (χ0) is 17.9. The fraction of sp³-hybridized carbons (Fsp3) is 0.500. The third kappa shape index (κ3) is 4.41. The van der Waals surface area contributed by atoms with Crippen LogP contribution in [0.1, 0.15) is 24.4 Å². The molecule has 0 radical (unpaired) electrons. The number of benzene rings is 1. The Morgan fingerprint density at radius 1 is 1.17 bits per heavy atom. The Bertz CT molecular complexity index is 704. The van der Waals surface area contributed by atoms with Crippen molar-refractivity contribution in [1.82, 2.24) is 4.90 Å². The van der Waals surface area contributed by atoms with Crippen molar-refractivity contribution in [3.63, 3.8) is 0 Å². The topological polar surface area (TPSA) is 55.1 Å². The number of anilines is 1. The predicted octanol–water partition coefficient (Wildman–Crippen LogP) is 3.00. The van der Waals surface area contributed by atoms with Crippen LogP contribution in [0.5, 0.6) is 5.75 Å². The van der Waals surface area contributed by atoms with Crippen LogP contribution in [0, 0.1) is 0 Å². The maximum atomic E-state index is 12.2. The molecule has 1 aromatic carbocycles. The van der Waals surface area contributed by atoms with Gasteiger partial charge in [-0.3, -0.25) is 0 Å². The molecule has 1 heterocycles. The monoisotopic (exact) mass is 334 g/mol. The van der Waals surface area contributed by atoms with Gasteiger partial charge in [0.1, 0.15) is 17.9 Å². The van der Waals surface area contributed by atoms with E-state index in [1.54, 1.807) is 12.1 Å². The molecule has 0 aliphatic heterocycles. The highest BCUT2D eigenvalue weighted by molar-refractivity contribution is 5.98. The summed E-state index contributed by atoms with van der Waals surface area (Å²) in [5.41, 5.74) is 1.54. The molecule has 0 N–H and O–H groups in total. The van der Waals surface area contributed by atoms with Crippen LogP contribution in [-0.4, -0.2) is 58.3 Å². The summed E-state index contributed by atoms with van der Waals surface area (Å²) in [6, 6.07) is 5.47. The van der Waals surface area contributed by atoms with Gasteiger partial charge in [0.2, 0.25) is 5.76 Å². The molecule has 0 saturated carbocycles. The van der Waals surface area contributed by atoms with Crippen molar-refractivity contribution in [3.8, 4) is 5.75 Å². The Hall–Kier alpha value is -2.21. The molecule has 0 saturated heterocycles. The third-order valence-corrected chi connectivity index (χ3v) is 3.42. The molecule has 0 bridgehead atoms. The standard InChI is InChI=1S/C18H26N2O4/c1-12(2)23-13-9-15(20(5)6)14-11-17(24-16(14)10-13)18(21)22-8-7-19(3)4/h9-12H,7-8H2,1-6H3. The summed E-state index contributed by atoms with van der Waals surface area (Å²) in [6.45, 7) is 4.93. The highest BCUT2D eigenvalue weighted by Crippen LogP contribution is 2.34. The number of hydrogen-bond donors (Lipinski definition) is 0. The SMILES string of the molecule is CC(C)Oc1cc(N(C)C)c2cc(C(=O)OCCN(C)C)oc2c1. The van der Waals surface area contributed by atoms with Gasteiger partial charge in [-0.15, -0.1) is 0 Å². The number of rotatable bonds is 7. The second-order valence-electron chi connectivity index (χ2n) is 6.47. The molecule has 0 unspecified atom stereocenters. The van der Waals surface area contributed by atoms with E-state index in [1.165, 1.54) is 0 Å². The van der Waals surface area contributed by atoms with Crippen molar-refractivity contribution >= 4 is 22.6 Å². The molecule has 6 heteroatoms. The van der Waals surface area contributed by atoms with Crippen LogP contribution in [-0.2, 0) is 4.74 Å². The molecule has 1 aromatic heterocycles. The van der Waals surface area contributed by atoms with E-state index in [1.807, 2.05) is 57.9 Å². The zero-order valence-corrected chi connectivity index (χ0v) is 15.3. The summed E-state index contributed by atoms with van der Waals surface area (Å²) in [5.74, 6) is 0.459. The molecule has 132 valence electrons. The largest absolute Gasteiger partial charge is 0.491 e. The predicted molar refractivity (Wildman–Crippen MR) is 95.1 cm³/mol. The molecule has 0 amide bonds. The van der Waals surface area contributed by atoms with Crippen LogP contribution in [0.25, 0.3) is 11.0 Å². The minimum Gasteiger partial charge on any atom is -0.491 e. The number of carbonyl (C=O) groups excluding carboxylic acids is 1. The molecule has 6 nitrogen and oxygen atoms in total. The van der Waals surface area contributed by atoms with Crippen LogP contribution in [0.15, 0.2) is 22.6 Å². The van der Waals surface area contributed by atoms with Crippen LogP contribution in [0.3, 0.4) is 0 Å². The summed E-state index contributed by atoms with van der Waals surface area (Å²) < 4.78 is 16.7. The summed E-state index contributed by atoms with van der Waals surface area (Å²) in [4.78, 5) is 16.1. The van der Waals surface area contributed by atoms with E-state index in [0.717, 1.165) is 11.1 Å². The van der Waals surface area contributed by atoms with E-state index in [2.05, 4.69) is 0 Å². The Morgan fingerprint density at radius 2 is 1.88 bits per heavy atom. The lowest BCUT2D eigenvalue weighted by Crippen LogP contribution is -2.19. The second-order valence-corrected chi connectivity index (χ2v) is 6.47. The first-order chi connectivity index (χ1) is 11.3. The maximum absolute atomic E-state index is 12.2. The normalized spacial score (nSPS) is 11.3. The van der Waals surface area contributed by atoms with Gasteiger partial charge in [-0.25, -0.2) is 4.79 Å². The van der Waals surface area contributed by atoms with E-state index in [4.69, 9.17) is 13.9 Å². The maximum Gasteiger partial charge on any atom is 0.374 e. The summed E-state index contributed by atoms with van der Waals surface area (Å²) >= 11 is 0. The van der Waals surface area contributed by atoms with Crippen molar-refractivity contribution in [2.75, 3.05) is 46.2 Å². The smallest absolute Gasteiger partial charge is 0.374 e. The minimum atomic E-state index is -0.455. The molecule has 2 rings (SSSR count). The quantitative estimate of drug-likeness (QED) is 0.726. The van der Waals surface area contributed by atoms with Gasteiger partial charge in [0.15, 0.2) is 0 Å². The van der Waals surface area contributed by atoms with E-state index in [-0.39, 0.29) is 11.9 Å². The van der Waals surface area contributed by atoms with E-state index >= 15 is 0 Å². The fourth-order valence-electron chi connectivity index (χ4n) is 2.30. The van der Waals surface area contributed by atoms with Gasteiger partial charge in [-0.1, -0.05) is 0 Å². The summed E-state index contributed by atoms with van der Waals surface area (Å²) in [7, 11) is 7.73. The fourth-order valence-corrected chi connectivity index (χ4v) is 2.30. The second kappa shape index (κ2) is 7.57. The number of furan rings is 1. The molecule has 0 aliphatic carbocycles. The Kier molecular flexibility index (Phi) is 5.72. The highest BCUT2D eigenvalue weighted by Gasteiger charge is 2.18. The molecule has 2 aromatic rings. The Balaban J connectivity index is 2.31. The van der Waals surface area contributed by atoms with Crippen molar-refractivity contribution in [3.05, 3.63) is 24.0 Å². The molecular formula is C18H26N2O4. The van der Waals surface area contributed by atoms with Gasteiger partial charge in [0, 0.05) is 44.2 Å². The first kappa shape index (κ1) is 18.1. The number of esters is 1. The number of likely N-dealkylation sites (N-methyl/N-ethyl adjacent to an activating group) is 1. The van der Waals surface area contributed by atoms with Crippen molar-refractivity contribution in [1.29, 1.82) is 0 Å². The van der Waals surface area contributed by atoms with E-state index < -0.39 is 5.97 Å². The lowest BCUT2D eigenvalue weighted by atomic mass is 10.2. The van der Waals surface area contributed by atoms with Gasteiger partial charge >= 0.3 is 5.97 Å². The minimum absolute atomic E-state index is 0.0582. The summed E-state index contributed by atoms with van der Waals surface area (Å²) in [6.07, 6.45) is 0.0582.